The highest BCUT2D eigenvalue weighted by Gasteiger charge is 2.15. The molecule has 0 aliphatic rings. The Kier molecular flexibility index (Phi) is 3.44. The van der Waals surface area contributed by atoms with Gasteiger partial charge in [0.15, 0.2) is 0 Å². The molecule has 16 heavy (non-hydrogen) atoms. The lowest BCUT2D eigenvalue weighted by atomic mass is 10.1. The Morgan fingerprint density at radius 3 is 2.62 bits per heavy atom. The molecule has 0 spiro atoms. The van der Waals surface area contributed by atoms with Crippen LogP contribution >= 0.6 is 0 Å². The van der Waals surface area contributed by atoms with Crippen molar-refractivity contribution in [3.8, 4) is 0 Å². The highest BCUT2D eigenvalue weighted by molar-refractivity contribution is 5.65. The SMILES string of the molecule is CN(C)/C=C/c1cc(F)c(N)cc1[N+](=O)[O-]. The van der Waals surface area contributed by atoms with Crippen LogP contribution in [-0.4, -0.2) is 23.9 Å². The molecule has 0 aliphatic heterocycles. The molecule has 1 rings (SSSR count). The minimum Gasteiger partial charge on any atom is -0.396 e. The van der Waals surface area contributed by atoms with Crippen LogP contribution in [0.4, 0.5) is 15.8 Å². The summed E-state index contributed by atoms with van der Waals surface area (Å²) >= 11 is 0. The minimum absolute atomic E-state index is 0.186. The van der Waals surface area contributed by atoms with Crippen molar-refractivity contribution in [1.29, 1.82) is 0 Å². The monoisotopic (exact) mass is 225 g/mol. The second-order valence-corrected chi connectivity index (χ2v) is 3.47. The lowest BCUT2D eigenvalue weighted by Crippen LogP contribution is -2.01. The molecule has 0 radical (unpaired) electrons. The molecule has 0 fully saturated rings. The summed E-state index contributed by atoms with van der Waals surface area (Å²) in [4.78, 5) is 11.8. The fourth-order valence-electron chi connectivity index (χ4n) is 1.11. The third-order valence-corrected chi connectivity index (χ3v) is 1.89. The molecule has 6 heteroatoms. The molecule has 0 saturated heterocycles. The van der Waals surface area contributed by atoms with Gasteiger partial charge in [0.25, 0.3) is 5.69 Å². The maximum Gasteiger partial charge on any atom is 0.278 e. The summed E-state index contributed by atoms with van der Waals surface area (Å²) < 4.78 is 13.2. The third kappa shape index (κ3) is 2.69. The van der Waals surface area contributed by atoms with E-state index in [0.717, 1.165) is 12.1 Å². The summed E-state index contributed by atoms with van der Waals surface area (Å²) in [5.41, 5.74) is 5.02. The van der Waals surface area contributed by atoms with Crippen molar-refractivity contribution in [2.24, 2.45) is 0 Å². The Labute approximate surface area is 92.1 Å². The van der Waals surface area contributed by atoms with Gasteiger partial charge in [0.05, 0.1) is 16.2 Å². The zero-order valence-electron chi connectivity index (χ0n) is 8.98. The van der Waals surface area contributed by atoms with Crippen molar-refractivity contribution < 1.29 is 9.31 Å². The first-order valence-electron chi connectivity index (χ1n) is 4.50. The molecule has 86 valence electrons. The number of nitro benzene ring substituents is 1. The van der Waals surface area contributed by atoms with Crippen molar-refractivity contribution in [3.05, 3.63) is 39.8 Å². The van der Waals surface area contributed by atoms with E-state index in [1.54, 1.807) is 25.2 Å². The van der Waals surface area contributed by atoms with Crippen LogP contribution < -0.4 is 5.73 Å². The van der Waals surface area contributed by atoms with E-state index < -0.39 is 10.7 Å². The molecule has 1 aromatic rings. The standard InChI is InChI=1S/C10H12FN3O2/c1-13(2)4-3-7-5-8(11)9(12)6-10(7)14(15)16/h3-6H,12H2,1-2H3/b4-3+. The number of benzene rings is 1. The van der Waals surface area contributed by atoms with Gasteiger partial charge in [-0.1, -0.05) is 0 Å². The smallest absolute Gasteiger partial charge is 0.278 e. The normalized spacial score (nSPS) is 10.7. The van der Waals surface area contributed by atoms with Crippen LogP contribution in [0, 0.1) is 15.9 Å². The number of nitrogens with two attached hydrogens (primary N) is 1. The van der Waals surface area contributed by atoms with Crippen LogP contribution in [0.5, 0.6) is 0 Å². The predicted octanol–water partition coefficient (Wildman–Crippen LogP) is 1.85. The highest BCUT2D eigenvalue weighted by atomic mass is 19.1. The van der Waals surface area contributed by atoms with Crippen molar-refractivity contribution in [2.45, 2.75) is 0 Å². The van der Waals surface area contributed by atoms with Gasteiger partial charge in [0.1, 0.15) is 5.82 Å². The summed E-state index contributed by atoms with van der Waals surface area (Å²) in [6.07, 6.45) is 3.05. The van der Waals surface area contributed by atoms with Crippen molar-refractivity contribution >= 4 is 17.5 Å². The van der Waals surface area contributed by atoms with E-state index in [0.29, 0.717) is 0 Å². The zero-order chi connectivity index (χ0) is 12.3. The fraction of sp³-hybridized carbons (Fsp3) is 0.200. The van der Waals surface area contributed by atoms with Crippen LogP contribution in [0.3, 0.4) is 0 Å². The first kappa shape index (κ1) is 12.0. The first-order valence-corrected chi connectivity index (χ1v) is 4.50. The average Bonchev–Trinajstić information content (AvgIpc) is 2.18. The van der Waals surface area contributed by atoms with Crippen molar-refractivity contribution in [2.75, 3.05) is 19.8 Å². The molecule has 1 aromatic carbocycles. The van der Waals surface area contributed by atoms with Gasteiger partial charge in [-0.25, -0.2) is 4.39 Å². The Morgan fingerprint density at radius 2 is 2.12 bits per heavy atom. The second-order valence-electron chi connectivity index (χ2n) is 3.47. The topological polar surface area (TPSA) is 72.4 Å². The van der Waals surface area contributed by atoms with Crippen LogP contribution in [0.1, 0.15) is 5.56 Å². The fourth-order valence-corrected chi connectivity index (χ4v) is 1.11. The molecule has 0 amide bonds. The Balaban J connectivity index is 3.25. The maximum atomic E-state index is 13.2. The molecule has 0 unspecified atom stereocenters. The molecule has 0 aromatic heterocycles. The number of nitrogen functional groups attached to an aromatic ring is 1. The van der Waals surface area contributed by atoms with Crippen molar-refractivity contribution in [3.63, 3.8) is 0 Å². The third-order valence-electron chi connectivity index (χ3n) is 1.89. The number of nitro groups is 1. The van der Waals surface area contributed by atoms with E-state index in [1.807, 2.05) is 0 Å². The molecule has 0 heterocycles. The van der Waals surface area contributed by atoms with Gasteiger partial charge in [-0.2, -0.15) is 0 Å². The quantitative estimate of drug-likeness (QED) is 0.484. The number of nitrogens with zero attached hydrogens (tertiary/aromatic N) is 2. The van der Waals surface area contributed by atoms with E-state index in [9.17, 15) is 14.5 Å². The first-order chi connectivity index (χ1) is 7.41. The van der Waals surface area contributed by atoms with Gasteiger partial charge in [-0.3, -0.25) is 10.1 Å². The Hall–Kier alpha value is -2.11. The summed E-state index contributed by atoms with van der Waals surface area (Å²) in [5.74, 6) is -0.663. The van der Waals surface area contributed by atoms with Crippen LogP contribution in [-0.2, 0) is 0 Å². The van der Waals surface area contributed by atoms with Gasteiger partial charge >= 0.3 is 0 Å². The number of hydrogen-bond donors (Lipinski definition) is 1. The lowest BCUT2D eigenvalue weighted by molar-refractivity contribution is -0.385. The minimum atomic E-state index is -0.663. The Morgan fingerprint density at radius 1 is 1.50 bits per heavy atom. The van der Waals surface area contributed by atoms with Gasteiger partial charge in [0, 0.05) is 20.2 Å². The van der Waals surface area contributed by atoms with Gasteiger partial charge in [-0.15, -0.1) is 0 Å². The number of anilines is 1. The Bertz CT molecular complexity index is 444. The second kappa shape index (κ2) is 4.61. The number of hydrogen-bond acceptors (Lipinski definition) is 4. The molecule has 5 nitrogen and oxygen atoms in total. The van der Waals surface area contributed by atoms with Crippen LogP contribution in [0.25, 0.3) is 6.08 Å². The maximum absolute atomic E-state index is 13.2. The van der Waals surface area contributed by atoms with E-state index in [1.165, 1.54) is 6.08 Å². The van der Waals surface area contributed by atoms with E-state index in [4.69, 9.17) is 5.73 Å². The summed E-state index contributed by atoms with van der Waals surface area (Å²) in [6, 6.07) is 2.07. The van der Waals surface area contributed by atoms with Gasteiger partial charge < -0.3 is 10.6 Å². The van der Waals surface area contributed by atoms with Gasteiger partial charge in [0.2, 0.25) is 0 Å². The molecule has 0 bridgehead atoms. The summed E-state index contributed by atoms with van der Waals surface area (Å²) in [7, 11) is 3.52. The lowest BCUT2D eigenvalue weighted by Gasteiger charge is -2.04. The molecule has 0 saturated carbocycles. The average molecular weight is 225 g/mol. The largest absolute Gasteiger partial charge is 0.396 e. The molecule has 0 aliphatic carbocycles. The molecular weight excluding hydrogens is 213 g/mol. The summed E-state index contributed by atoms with van der Waals surface area (Å²) in [6.45, 7) is 0. The van der Waals surface area contributed by atoms with Crippen molar-refractivity contribution in [1.82, 2.24) is 4.90 Å². The highest BCUT2D eigenvalue weighted by Crippen LogP contribution is 2.25. The number of halogens is 1. The van der Waals surface area contributed by atoms with E-state index >= 15 is 0 Å². The van der Waals surface area contributed by atoms with Gasteiger partial charge in [-0.05, 0) is 18.3 Å². The zero-order valence-corrected chi connectivity index (χ0v) is 8.98. The summed E-state index contributed by atoms with van der Waals surface area (Å²) in [5, 5.41) is 10.7. The van der Waals surface area contributed by atoms with Crippen LogP contribution in [0.15, 0.2) is 18.3 Å². The molecule has 0 atom stereocenters. The molecular formula is C10H12FN3O2. The number of rotatable bonds is 3. The van der Waals surface area contributed by atoms with E-state index in [-0.39, 0.29) is 16.9 Å². The predicted molar refractivity (Wildman–Crippen MR) is 60.2 cm³/mol. The van der Waals surface area contributed by atoms with E-state index in [2.05, 4.69) is 0 Å². The molecule has 2 N–H and O–H groups in total. The van der Waals surface area contributed by atoms with Crippen LogP contribution in [0.2, 0.25) is 0 Å².